The van der Waals surface area contributed by atoms with E-state index >= 15 is 0 Å². The zero-order valence-electron chi connectivity index (χ0n) is 13.8. The zero-order valence-corrected chi connectivity index (χ0v) is 17.8. The molecule has 0 aromatic heterocycles. The second kappa shape index (κ2) is 8.18. The summed E-state index contributed by atoms with van der Waals surface area (Å²) in [5.41, 5.74) is 1.05. The number of anilines is 1. The van der Waals surface area contributed by atoms with Gasteiger partial charge in [-0.15, -0.1) is 0 Å². The number of aromatic hydroxyl groups is 1. The molecule has 1 N–H and O–H groups in total. The highest BCUT2D eigenvalue weighted by molar-refractivity contribution is 9.10. The molecule has 0 radical (unpaired) electrons. The molecular formula is C18H12BrClFNO3S2. The first kappa shape index (κ1) is 20.1. The molecule has 0 atom stereocenters. The molecule has 9 heteroatoms. The number of amides is 1. The van der Waals surface area contributed by atoms with E-state index in [1.165, 1.54) is 23.1 Å². The first-order valence-corrected chi connectivity index (χ1v) is 10.1. The molecule has 0 saturated carbocycles. The van der Waals surface area contributed by atoms with Crippen LogP contribution in [0.3, 0.4) is 0 Å². The number of hydrogen-bond acceptors (Lipinski definition) is 5. The van der Waals surface area contributed by atoms with Crippen LogP contribution >= 0.6 is 51.5 Å². The van der Waals surface area contributed by atoms with Gasteiger partial charge in [-0.05, 0) is 64.8 Å². The predicted molar refractivity (Wildman–Crippen MR) is 114 cm³/mol. The Hall–Kier alpha value is -1.61. The van der Waals surface area contributed by atoms with Crippen LogP contribution in [0.15, 0.2) is 39.7 Å². The molecule has 3 rings (SSSR count). The Labute approximate surface area is 178 Å². The SMILES string of the molecule is CCOc1cc(/C=C2/SC(=S)N(c3ccc(F)c(Cl)c3)C2=O)cc(Br)c1O. The molecule has 4 nitrogen and oxygen atoms in total. The molecule has 1 amide bonds. The van der Waals surface area contributed by atoms with Crippen molar-refractivity contribution in [3.63, 3.8) is 0 Å². The third-order valence-corrected chi connectivity index (χ3v) is 5.80. The lowest BCUT2D eigenvalue weighted by Crippen LogP contribution is -2.27. The fourth-order valence-electron chi connectivity index (χ4n) is 2.41. The van der Waals surface area contributed by atoms with Crippen LogP contribution in [0.5, 0.6) is 11.5 Å². The van der Waals surface area contributed by atoms with Crippen molar-refractivity contribution < 1.29 is 19.0 Å². The zero-order chi connectivity index (χ0) is 19.7. The van der Waals surface area contributed by atoms with Gasteiger partial charge in [-0.3, -0.25) is 9.69 Å². The van der Waals surface area contributed by atoms with Crippen molar-refractivity contribution in [1.29, 1.82) is 0 Å². The first-order chi connectivity index (χ1) is 12.8. The molecule has 140 valence electrons. The highest BCUT2D eigenvalue weighted by atomic mass is 79.9. The monoisotopic (exact) mass is 487 g/mol. The van der Waals surface area contributed by atoms with Gasteiger partial charge in [0.1, 0.15) is 5.82 Å². The van der Waals surface area contributed by atoms with Crippen molar-refractivity contribution in [3.8, 4) is 11.5 Å². The van der Waals surface area contributed by atoms with Gasteiger partial charge in [-0.1, -0.05) is 35.6 Å². The minimum Gasteiger partial charge on any atom is -0.503 e. The van der Waals surface area contributed by atoms with Crippen LogP contribution in [-0.4, -0.2) is 21.9 Å². The van der Waals surface area contributed by atoms with Gasteiger partial charge >= 0.3 is 0 Å². The van der Waals surface area contributed by atoms with Crippen LogP contribution in [0.4, 0.5) is 10.1 Å². The lowest BCUT2D eigenvalue weighted by Gasteiger charge is -2.14. The summed E-state index contributed by atoms with van der Waals surface area (Å²) in [6.07, 6.45) is 1.65. The van der Waals surface area contributed by atoms with E-state index in [-0.39, 0.29) is 16.7 Å². The van der Waals surface area contributed by atoms with E-state index in [4.69, 9.17) is 28.6 Å². The molecule has 1 fully saturated rings. The number of thioether (sulfide) groups is 1. The highest BCUT2D eigenvalue weighted by Crippen LogP contribution is 2.40. The number of nitrogens with zero attached hydrogens (tertiary/aromatic N) is 1. The number of phenolic OH excluding ortho intramolecular Hbond substituents is 1. The van der Waals surface area contributed by atoms with Gasteiger partial charge in [0, 0.05) is 0 Å². The average molecular weight is 489 g/mol. The number of benzene rings is 2. The van der Waals surface area contributed by atoms with Gasteiger partial charge in [0.25, 0.3) is 5.91 Å². The highest BCUT2D eigenvalue weighted by Gasteiger charge is 2.33. The molecule has 0 aliphatic carbocycles. The maximum absolute atomic E-state index is 13.4. The molecule has 0 bridgehead atoms. The molecule has 1 heterocycles. The maximum atomic E-state index is 13.4. The normalized spacial score (nSPS) is 15.7. The summed E-state index contributed by atoms with van der Waals surface area (Å²) in [6.45, 7) is 2.19. The minimum absolute atomic E-state index is 0.0116. The number of ether oxygens (including phenoxy) is 1. The third-order valence-electron chi connectivity index (χ3n) is 3.60. The molecule has 2 aromatic carbocycles. The predicted octanol–water partition coefficient (Wildman–Crippen LogP) is 5.75. The molecule has 1 aliphatic heterocycles. The fourth-order valence-corrected chi connectivity index (χ4v) is 4.34. The van der Waals surface area contributed by atoms with Gasteiger partial charge in [0.2, 0.25) is 0 Å². The quantitative estimate of drug-likeness (QED) is 0.438. The average Bonchev–Trinajstić information content (AvgIpc) is 2.89. The van der Waals surface area contributed by atoms with Crippen molar-refractivity contribution >= 4 is 73.5 Å². The van der Waals surface area contributed by atoms with Gasteiger partial charge in [0.05, 0.1) is 26.7 Å². The summed E-state index contributed by atoms with van der Waals surface area (Å²) < 4.78 is 19.6. The second-order valence-electron chi connectivity index (χ2n) is 5.40. The van der Waals surface area contributed by atoms with Gasteiger partial charge < -0.3 is 9.84 Å². The largest absolute Gasteiger partial charge is 0.503 e. The Morgan fingerprint density at radius 2 is 2.15 bits per heavy atom. The van der Waals surface area contributed by atoms with Gasteiger partial charge in [0.15, 0.2) is 15.8 Å². The van der Waals surface area contributed by atoms with Crippen LogP contribution in [0.2, 0.25) is 5.02 Å². The molecule has 27 heavy (non-hydrogen) atoms. The van der Waals surface area contributed by atoms with Crippen molar-refractivity contribution in [2.24, 2.45) is 0 Å². The molecule has 1 saturated heterocycles. The van der Waals surface area contributed by atoms with Crippen LogP contribution in [0.25, 0.3) is 6.08 Å². The van der Waals surface area contributed by atoms with Crippen LogP contribution in [-0.2, 0) is 4.79 Å². The number of carbonyl (C=O) groups excluding carboxylic acids is 1. The van der Waals surface area contributed by atoms with E-state index in [1.807, 2.05) is 0 Å². The summed E-state index contributed by atoms with van der Waals surface area (Å²) in [5.74, 6) is -0.616. The van der Waals surface area contributed by atoms with Crippen molar-refractivity contribution in [1.82, 2.24) is 0 Å². The molecule has 2 aromatic rings. The third kappa shape index (κ3) is 4.13. The van der Waals surface area contributed by atoms with Gasteiger partial charge in [-0.25, -0.2) is 4.39 Å². The maximum Gasteiger partial charge on any atom is 0.270 e. The summed E-state index contributed by atoms with van der Waals surface area (Å²) in [7, 11) is 0. The smallest absolute Gasteiger partial charge is 0.270 e. The summed E-state index contributed by atoms with van der Waals surface area (Å²) in [4.78, 5) is 14.5. The summed E-state index contributed by atoms with van der Waals surface area (Å²) in [5, 5.41) is 9.92. The van der Waals surface area contributed by atoms with Gasteiger partial charge in [-0.2, -0.15) is 0 Å². The van der Waals surface area contributed by atoms with E-state index in [9.17, 15) is 14.3 Å². The summed E-state index contributed by atoms with van der Waals surface area (Å²) >= 11 is 15.5. The fraction of sp³-hybridized carbons (Fsp3) is 0.111. The van der Waals surface area contributed by atoms with E-state index < -0.39 is 5.82 Å². The first-order valence-electron chi connectivity index (χ1n) is 7.70. The Kier molecular flexibility index (Phi) is 6.10. The number of thiocarbonyl (C=S) groups is 1. The van der Waals surface area contributed by atoms with Crippen molar-refractivity contribution in [2.45, 2.75) is 6.92 Å². The number of phenols is 1. The van der Waals surface area contributed by atoms with E-state index in [1.54, 1.807) is 25.1 Å². The van der Waals surface area contributed by atoms with E-state index in [0.29, 0.717) is 37.3 Å². The standard InChI is InChI=1S/C18H12BrClFNO3S2/c1-2-25-14-6-9(5-11(19)16(14)23)7-15-17(24)22(18(26)27-15)10-3-4-13(21)12(20)8-10/h3-8,23H,2H2,1H3/b15-7+. The minimum atomic E-state index is -0.571. The number of halogens is 3. The molecular weight excluding hydrogens is 477 g/mol. The topological polar surface area (TPSA) is 49.8 Å². The van der Waals surface area contributed by atoms with E-state index in [0.717, 1.165) is 11.8 Å². The van der Waals surface area contributed by atoms with Crippen LogP contribution < -0.4 is 9.64 Å². The van der Waals surface area contributed by atoms with Crippen molar-refractivity contribution in [2.75, 3.05) is 11.5 Å². The Morgan fingerprint density at radius 1 is 1.41 bits per heavy atom. The molecule has 0 spiro atoms. The Balaban J connectivity index is 1.96. The summed E-state index contributed by atoms with van der Waals surface area (Å²) in [6, 6.07) is 7.28. The van der Waals surface area contributed by atoms with Crippen LogP contribution in [0.1, 0.15) is 12.5 Å². The number of carbonyl (C=O) groups is 1. The molecule has 0 unspecified atom stereocenters. The van der Waals surface area contributed by atoms with Crippen LogP contribution in [0, 0.1) is 5.82 Å². The van der Waals surface area contributed by atoms with E-state index in [2.05, 4.69) is 15.9 Å². The van der Waals surface area contributed by atoms with Crippen molar-refractivity contribution in [3.05, 3.63) is 56.1 Å². The number of hydrogen-bond donors (Lipinski definition) is 1. The second-order valence-corrected chi connectivity index (χ2v) is 8.34. The lowest BCUT2D eigenvalue weighted by molar-refractivity contribution is -0.113. The Morgan fingerprint density at radius 3 is 2.81 bits per heavy atom. The number of rotatable bonds is 4. The Bertz CT molecular complexity index is 983. The molecule has 1 aliphatic rings. The lowest BCUT2D eigenvalue weighted by atomic mass is 10.2.